The first-order chi connectivity index (χ1) is 14.2. The number of halogens is 5. The molecule has 0 radical (unpaired) electrons. The lowest BCUT2D eigenvalue weighted by molar-refractivity contribution is -0.137. The highest BCUT2D eigenvalue weighted by atomic mass is 19.4. The zero-order valence-electron chi connectivity index (χ0n) is 15.5. The Morgan fingerprint density at radius 2 is 1.77 bits per heavy atom. The van der Waals surface area contributed by atoms with Crippen LogP contribution >= 0.6 is 0 Å². The van der Waals surface area contributed by atoms with Crippen molar-refractivity contribution in [1.29, 1.82) is 0 Å². The molecule has 1 aromatic heterocycles. The SMILES string of the molecule is C=CC(=O)NCc1ccc(-c2ccc(C(F)(F)F)cc2)cc1-c1cnn(C(F)F)c1. The van der Waals surface area contributed by atoms with Crippen molar-refractivity contribution in [2.24, 2.45) is 0 Å². The third-order valence-corrected chi connectivity index (χ3v) is 4.41. The molecule has 3 aromatic rings. The fraction of sp³-hybridized carbons (Fsp3) is 0.143. The van der Waals surface area contributed by atoms with E-state index < -0.39 is 24.2 Å². The zero-order chi connectivity index (χ0) is 21.9. The van der Waals surface area contributed by atoms with Crippen molar-refractivity contribution in [2.75, 3.05) is 0 Å². The van der Waals surface area contributed by atoms with Crippen LogP contribution in [0, 0.1) is 0 Å². The van der Waals surface area contributed by atoms with Gasteiger partial charge in [-0.2, -0.15) is 27.1 Å². The summed E-state index contributed by atoms with van der Waals surface area (Å²) in [6.07, 6.45) is -0.919. The lowest BCUT2D eigenvalue weighted by Crippen LogP contribution is -2.20. The molecule has 30 heavy (non-hydrogen) atoms. The Morgan fingerprint density at radius 3 is 2.33 bits per heavy atom. The third kappa shape index (κ3) is 4.73. The smallest absolute Gasteiger partial charge is 0.348 e. The first-order valence-electron chi connectivity index (χ1n) is 8.72. The summed E-state index contributed by atoms with van der Waals surface area (Å²) in [5.41, 5.74) is 1.85. The van der Waals surface area contributed by atoms with Gasteiger partial charge in [0.15, 0.2) is 0 Å². The molecule has 0 aliphatic rings. The highest BCUT2D eigenvalue weighted by Crippen LogP contribution is 2.33. The van der Waals surface area contributed by atoms with E-state index in [1.165, 1.54) is 18.3 Å². The number of aromatic nitrogens is 2. The Labute approximate surface area is 168 Å². The first-order valence-corrected chi connectivity index (χ1v) is 8.72. The van der Waals surface area contributed by atoms with Crippen LogP contribution in [0.3, 0.4) is 0 Å². The van der Waals surface area contributed by atoms with Gasteiger partial charge < -0.3 is 5.32 Å². The van der Waals surface area contributed by atoms with Gasteiger partial charge in [-0.25, -0.2) is 4.68 Å². The summed E-state index contributed by atoms with van der Waals surface area (Å²) in [5, 5.41) is 6.24. The second kappa shape index (κ2) is 8.48. The molecule has 4 nitrogen and oxygen atoms in total. The van der Waals surface area contributed by atoms with Crippen LogP contribution in [-0.2, 0) is 17.5 Å². The summed E-state index contributed by atoms with van der Waals surface area (Å²) in [5.74, 6) is -0.406. The van der Waals surface area contributed by atoms with Crippen LogP contribution in [-0.4, -0.2) is 15.7 Å². The van der Waals surface area contributed by atoms with E-state index in [9.17, 15) is 26.7 Å². The Morgan fingerprint density at radius 1 is 1.10 bits per heavy atom. The van der Waals surface area contributed by atoms with E-state index in [1.54, 1.807) is 18.2 Å². The first kappa shape index (κ1) is 21.2. The van der Waals surface area contributed by atoms with Gasteiger partial charge in [-0.1, -0.05) is 30.8 Å². The van der Waals surface area contributed by atoms with Crippen molar-refractivity contribution in [1.82, 2.24) is 15.1 Å². The van der Waals surface area contributed by atoms with Gasteiger partial charge in [-0.05, 0) is 46.5 Å². The monoisotopic (exact) mass is 421 g/mol. The molecule has 0 saturated carbocycles. The van der Waals surface area contributed by atoms with Gasteiger partial charge in [0.1, 0.15) is 0 Å². The molecule has 1 amide bonds. The van der Waals surface area contributed by atoms with E-state index >= 15 is 0 Å². The molecule has 3 rings (SSSR count). The largest absolute Gasteiger partial charge is 0.416 e. The Balaban J connectivity index is 2.01. The fourth-order valence-corrected chi connectivity index (χ4v) is 2.87. The molecular weight excluding hydrogens is 405 g/mol. The predicted octanol–water partition coefficient (Wildman–Crippen LogP) is 5.43. The summed E-state index contributed by atoms with van der Waals surface area (Å²) in [7, 11) is 0. The molecule has 9 heteroatoms. The van der Waals surface area contributed by atoms with Crippen LogP contribution in [0.4, 0.5) is 22.0 Å². The van der Waals surface area contributed by atoms with Crippen LogP contribution in [0.15, 0.2) is 67.5 Å². The Kier molecular flexibility index (Phi) is 6.00. The van der Waals surface area contributed by atoms with E-state index in [2.05, 4.69) is 17.0 Å². The van der Waals surface area contributed by atoms with Crippen molar-refractivity contribution in [3.8, 4) is 22.3 Å². The van der Waals surface area contributed by atoms with Crippen LogP contribution in [0.2, 0.25) is 0 Å². The van der Waals surface area contributed by atoms with Crippen LogP contribution in [0.5, 0.6) is 0 Å². The van der Waals surface area contributed by atoms with Gasteiger partial charge in [0, 0.05) is 18.3 Å². The van der Waals surface area contributed by atoms with Gasteiger partial charge in [-0.3, -0.25) is 4.79 Å². The summed E-state index contributed by atoms with van der Waals surface area (Å²) in [6.45, 7) is 0.651. The van der Waals surface area contributed by atoms with Gasteiger partial charge in [-0.15, -0.1) is 0 Å². The van der Waals surface area contributed by atoms with E-state index in [0.29, 0.717) is 32.5 Å². The number of alkyl halides is 5. The van der Waals surface area contributed by atoms with Crippen molar-refractivity contribution in [2.45, 2.75) is 19.3 Å². The Bertz CT molecular complexity index is 1060. The molecule has 0 spiro atoms. The van der Waals surface area contributed by atoms with E-state index in [1.807, 2.05) is 0 Å². The maximum absolute atomic E-state index is 12.9. The predicted molar refractivity (Wildman–Crippen MR) is 101 cm³/mol. The topological polar surface area (TPSA) is 46.9 Å². The molecule has 0 saturated heterocycles. The molecule has 0 aliphatic heterocycles. The second-order valence-corrected chi connectivity index (χ2v) is 6.36. The molecule has 0 aliphatic carbocycles. The number of carbonyl (C=O) groups excluding carboxylic acids is 1. The van der Waals surface area contributed by atoms with Gasteiger partial charge in [0.25, 0.3) is 0 Å². The number of hydrogen-bond donors (Lipinski definition) is 1. The minimum atomic E-state index is -4.44. The highest BCUT2D eigenvalue weighted by Gasteiger charge is 2.30. The quantitative estimate of drug-likeness (QED) is 0.426. The standard InChI is InChI=1S/C21H16F5N3O/c1-2-19(30)27-10-15-4-3-14(13-5-7-17(8-6-13)21(24,25)26)9-18(15)16-11-28-29(12-16)20(22)23/h2-9,11-12,20H,1,10H2,(H,27,30). The number of nitrogens with one attached hydrogen (secondary N) is 1. The average molecular weight is 421 g/mol. The van der Waals surface area contributed by atoms with Crippen molar-refractivity contribution >= 4 is 5.91 Å². The van der Waals surface area contributed by atoms with E-state index in [4.69, 9.17) is 0 Å². The maximum atomic E-state index is 12.9. The lowest BCUT2D eigenvalue weighted by atomic mass is 9.95. The number of amides is 1. The number of rotatable bonds is 6. The molecule has 156 valence electrons. The van der Waals surface area contributed by atoms with Crippen molar-refractivity contribution < 1.29 is 26.7 Å². The summed E-state index contributed by atoms with van der Waals surface area (Å²) < 4.78 is 64.7. The fourth-order valence-electron chi connectivity index (χ4n) is 2.87. The number of carbonyl (C=O) groups is 1. The minimum absolute atomic E-state index is 0.105. The molecule has 1 heterocycles. The minimum Gasteiger partial charge on any atom is -0.348 e. The Hall–Kier alpha value is -3.49. The average Bonchev–Trinajstić information content (AvgIpc) is 3.22. The van der Waals surface area contributed by atoms with Crippen LogP contribution in [0.1, 0.15) is 17.7 Å². The third-order valence-electron chi connectivity index (χ3n) is 4.41. The molecule has 0 bridgehead atoms. The van der Waals surface area contributed by atoms with Crippen LogP contribution < -0.4 is 5.32 Å². The lowest BCUT2D eigenvalue weighted by Gasteiger charge is -2.13. The van der Waals surface area contributed by atoms with Gasteiger partial charge in [0.2, 0.25) is 5.91 Å². The number of hydrogen-bond acceptors (Lipinski definition) is 2. The number of nitrogens with zero attached hydrogens (tertiary/aromatic N) is 2. The summed E-state index contributed by atoms with van der Waals surface area (Å²) in [6, 6.07) is 9.63. The molecule has 0 atom stereocenters. The maximum Gasteiger partial charge on any atom is 0.416 e. The van der Waals surface area contributed by atoms with Crippen LogP contribution in [0.25, 0.3) is 22.3 Å². The second-order valence-electron chi connectivity index (χ2n) is 6.36. The molecule has 1 N–H and O–H groups in total. The molecule has 2 aromatic carbocycles. The molecular formula is C21H16F5N3O. The van der Waals surface area contributed by atoms with Crippen molar-refractivity contribution in [3.63, 3.8) is 0 Å². The zero-order valence-corrected chi connectivity index (χ0v) is 15.5. The molecule has 0 unspecified atom stereocenters. The normalized spacial score (nSPS) is 11.5. The van der Waals surface area contributed by atoms with Gasteiger partial charge in [0.05, 0.1) is 11.8 Å². The van der Waals surface area contributed by atoms with E-state index in [0.717, 1.165) is 24.4 Å². The van der Waals surface area contributed by atoms with Crippen molar-refractivity contribution in [3.05, 3.63) is 78.6 Å². The highest BCUT2D eigenvalue weighted by molar-refractivity contribution is 5.87. The summed E-state index contributed by atoms with van der Waals surface area (Å²) in [4.78, 5) is 11.5. The summed E-state index contributed by atoms with van der Waals surface area (Å²) >= 11 is 0. The molecule has 0 fully saturated rings. The van der Waals surface area contributed by atoms with Gasteiger partial charge >= 0.3 is 12.7 Å². The number of benzene rings is 2. The van der Waals surface area contributed by atoms with E-state index in [-0.39, 0.29) is 6.54 Å².